The van der Waals surface area contributed by atoms with E-state index in [2.05, 4.69) is 31.1 Å². The Morgan fingerprint density at radius 3 is 2.42 bits per heavy atom. The first-order valence-electron chi connectivity index (χ1n) is 7.87. The molecule has 1 rings (SSSR count). The van der Waals surface area contributed by atoms with Crippen LogP contribution in [0.1, 0.15) is 46.0 Å². The van der Waals surface area contributed by atoms with Crippen LogP contribution in [0.4, 0.5) is 0 Å². The molecule has 1 fully saturated rings. The topological polar surface area (TPSA) is 35.6 Å². The Bertz CT molecular complexity index is 246. The van der Waals surface area contributed by atoms with Crippen molar-refractivity contribution in [3.05, 3.63) is 0 Å². The standard InChI is InChI=1S/C15H31N3O/c1-4-10-18(11-5-2)15(19)13-17(3)12-14-8-6-7-9-16-14/h14,16H,4-13H2,1-3H3. The minimum atomic E-state index is 0.280. The van der Waals surface area contributed by atoms with Crippen LogP contribution in [0.5, 0.6) is 0 Å². The molecule has 19 heavy (non-hydrogen) atoms. The van der Waals surface area contributed by atoms with E-state index in [9.17, 15) is 4.79 Å². The van der Waals surface area contributed by atoms with Crippen LogP contribution in [0, 0.1) is 0 Å². The fourth-order valence-electron chi connectivity index (χ4n) is 2.75. The highest BCUT2D eigenvalue weighted by atomic mass is 16.2. The number of likely N-dealkylation sites (N-methyl/N-ethyl adjacent to an activating group) is 1. The van der Waals surface area contributed by atoms with Crippen molar-refractivity contribution in [3.63, 3.8) is 0 Å². The van der Waals surface area contributed by atoms with E-state index in [1.807, 2.05) is 4.90 Å². The van der Waals surface area contributed by atoms with E-state index in [-0.39, 0.29) is 5.91 Å². The van der Waals surface area contributed by atoms with Gasteiger partial charge in [-0.15, -0.1) is 0 Å². The number of piperidine rings is 1. The molecule has 0 saturated carbocycles. The maximum absolute atomic E-state index is 12.2. The van der Waals surface area contributed by atoms with Gasteiger partial charge in [0.05, 0.1) is 6.54 Å². The summed E-state index contributed by atoms with van der Waals surface area (Å²) in [5.74, 6) is 0.280. The molecule has 0 bridgehead atoms. The fourth-order valence-corrected chi connectivity index (χ4v) is 2.75. The Hall–Kier alpha value is -0.610. The monoisotopic (exact) mass is 269 g/mol. The molecule has 4 heteroatoms. The molecule has 1 amide bonds. The van der Waals surface area contributed by atoms with Crippen LogP contribution in [0.2, 0.25) is 0 Å². The quantitative estimate of drug-likeness (QED) is 0.728. The molecular formula is C15H31N3O. The molecule has 0 aliphatic carbocycles. The van der Waals surface area contributed by atoms with Crippen molar-refractivity contribution in [3.8, 4) is 0 Å². The lowest BCUT2D eigenvalue weighted by molar-refractivity contribution is -0.132. The number of nitrogens with zero attached hydrogens (tertiary/aromatic N) is 2. The minimum absolute atomic E-state index is 0.280. The maximum Gasteiger partial charge on any atom is 0.236 e. The molecule has 0 radical (unpaired) electrons. The van der Waals surface area contributed by atoms with Crippen molar-refractivity contribution >= 4 is 5.91 Å². The Morgan fingerprint density at radius 1 is 1.21 bits per heavy atom. The first kappa shape index (κ1) is 16.4. The summed E-state index contributed by atoms with van der Waals surface area (Å²) < 4.78 is 0. The molecule has 1 heterocycles. The van der Waals surface area contributed by atoms with Crippen LogP contribution in [0.25, 0.3) is 0 Å². The summed E-state index contributed by atoms with van der Waals surface area (Å²) in [5.41, 5.74) is 0. The second kappa shape index (κ2) is 9.32. The molecule has 1 aliphatic heterocycles. The summed E-state index contributed by atoms with van der Waals surface area (Å²) in [6.07, 6.45) is 5.93. The molecule has 0 spiro atoms. The maximum atomic E-state index is 12.2. The van der Waals surface area contributed by atoms with Crippen molar-refractivity contribution < 1.29 is 4.79 Å². The van der Waals surface area contributed by atoms with Crippen molar-refractivity contribution in [2.75, 3.05) is 39.8 Å². The van der Waals surface area contributed by atoms with Gasteiger partial charge in [0.15, 0.2) is 0 Å². The first-order valence-corrected chi connectivity index (χ1v) is 7.87. The van der Waals surface area contributed by atoms with Crippen molar-refractivity contribution in [2.45, 2.75) is 52.0 Å². The van der Waals surface area contributed by atoms with Crippen LogP contribution in [-0.4, -0.2) is 61.5 Å². The third-order valence-electron chi connectivity index (χ3n) is 3.69. The fraction of sp³-hybridized carbons (Fsp3) is 0.933. The molecule has 1 aliphatic rings. The van der Waals surface area contributed by atoms with Gasteiger partial charge in [0.2, 0.25) is 5.91 Å². The average molecular weight is 269 g/mol. The van der Waals surface area contributed by atoms with Gasteiger partial charge in [-0.1, -0.05) is 20.3 Å². The zero-order valence-corrected chi connectivity index (χ0v) is 13.0. The molecule has 1 atom stereocenters. The number of nitrogens with one attached hydrogen (secondary N) is 1. The summed E-state index contributed by atoms with van der Waals surface area (Å²) in [5, 5.41) is 3.54. The third-order valence-corrected chi connectivity index (χ3v) is 3.69. The molecule has 0 aromatic heterocycles. The summed E-state index contributed by atoms with van der Waals surface area (Å²) in [4.78, 5) is 16.4. The van der Waals surface area contributed by atoms with E-state index >= 15 is 0 Å². The summed E-state index contributed by atoms with van der Waals surface area (Å²) in [6.45, 7) is 8.71. The number of hydrogen-bond acceptors (Lipinski definition) is 3. The number of rotatable bonds is 8. The lowest BCUT2D eigenvalue weighted by Gasteiger charge is -2.29. The molecular weight excluding hydrogens is 238 g/mol. The Morgan fingerprint density at radius 2 is 1.89 bits per heavy atom. The smallest absolute Gasteiger partial charge is 0.236 e. The van der Waals surface area contributed by atoms with E-state index in [1.165, 1.54) is 19.3 Å². The lowest BCUT2D eigenvalue weighted by Crippen LogP contribution is -2.46. The van der Waals surface area contributed by atoms with Crippen LogP contribution in [-0.2, 0) is 4.79 Å². The van der Waals surface area contributed by atoms with Crippen LogP contribution in [0.3, 0.4) is 0 Å². The predicted molar refractivity (Wildman–Crippen MR) is 80.3 cm³/mol. The molecule has 1 saturated heterocycles. The molecule has 0 aromatic carbocycles. The first-order chi connectivity index (χ1) is 9.17. The minimum Gasteiger partial charge on any atom is -0.342 e. The number of amides is 1. The Kier molecular flexibility index (Phi) is 8.07. The van der Waals surface area contributed by atoms with Gasteiger partial charge < -0.3 is 10.2 Å². The highest BCUT2D eigenvalue weighted by Crippen LogP contribution is 2.08. The largest absolute Gasteiger partial charge is 0.342 e. The molecule has 1 N–H and O–H groups in total. The highest BCUT2D eigenvalue weighted by Gasteiger charge is 2.18. The zero-order valence-electron chi connectivity index (χ0n) is 13.0. The average Bonchev–Trinajstić information content (AvgIpc) is 2.39. The number of carbonyl (C=O) groups is 1. The van der Waals surface area contributed by atoms with Gasteiger partial charge in [0.25, 0.3) is 0 Å². The van der Waals surface area contributed by atoms with Gasteiger partial charge in [-0.25, -0.2) is 0 Å². The number of hydrogen-bond donors (Lipinski definition) is 1. The van der Waals surface area contributed by atoms with Gasteiger partial charge in [0.1, 0.15) is 0 Å². The lowest BCUT2D eigenvalue weighted by atomic mass is 10.0. The van der Waals surface area contributed by atoms with Crippen LogP contribution < -0.4 is 5.32 Å². The second-order valence-corrected chi connectivity index (χ2v) is 5.72. The molecule has 4 nitrogen and oxygen atoms in total. The predicted octanol–water partition coefficient (Wildman–Crippen LogP) is 1.71. The van der Waals surface area contributed by atoms with Gasteiger partial charge in [-0.2, -0.15) is 0 Å². The van der Waals surface area contributed by atoms with E-state index < -0.39 is 0 Å². The van der Waals surface area contributed by atoms with Crippen LogP contribution in [0.15, 0.2) is 0 Å². The summed E-state index contributed by atoms with van der Waals surface area (Å²) in [6, 6.07) is 0.567. The van der Waals surface area contributed by atoms with E-state index in [0.29, 0.717) is 12.6 Å². The SMILES string of the molecule is CCCN(CCC)C(=O)CN(C)CC1CCCCN1. The third kappa shape index (κ3) is 6.39. The van der Waals surface area contributed by atoms with E-state index in [0.717, 1.165) is 39.0 Å². The molecule has 0 aromatic rings. The van der Waals surface area contributed by atoms with Crippen molar-refractivity contribution in [1.29, 1.82) is 0 Å². The second-order valence-electron chi connectivity index (χ2n) is 5.72. The Balaban J connectivity index is 2.31. The molecule has 1 unspecified atom stereocenters. The van der Waals surface area contributed by atoms with Crippen LogP contribution >= 0.6 is 0 Å². The van der Waals surface area contributed by atoms with Crippen molar-refractivity contribution in [2.24, 2.45) is 0 Å². The highest BCUT2D eigenvalue weighted by molar-refractivity contribution is 5.78. The summed E-state index contributed by atoms with van der Waals surface area (Å²) >= 11 is 0. The Labute approximate surface area is 118 Å². The van der Waals surface area contributed by atoms with Gasteiger partial charge in [0, 0.05) is 25.7 Å². The van der Waals surface area contributed by atoms with E-state index in [4.69, 9.17) is 0 Å². The summed E-state index contributed by atoms with van der Waals surface area (Å²) in [7, 11) is 2.06. The van der Waals surface area contributed by atoms with Gasteiger partial charge >= 0.3 is 0 Å². The van der Waals surface area contributed by atoms with Crippen molar-refractivity contribution in [1.82, 2.24) is 15.1 Å². The number of carbonyl (C=O) groups excluding carboxylic acids is 1. The van der Waals surface area contributed by atoms with Gasteiger partial charge in [-0.3, -0.25) is 9.69 Å². The normalized spacial score (nSPS) is 19.7. The van der Waals surface area contributed by atoms with Gasteiger partial charge in [-0.05, 0) is 39.3 Å². The zero-order chi connectivity index (χ0) is 14.1. The molecule has 112 valence electrons. The van der Waals surface area contributed by atoms with E-state index in [1.54, 1.807) is 0 Å².